The van der Waals surface area contributed by atoms with Crippen molar-refractivity contribution >= 4 is 11.9 Å². The molecule has 0 heterocycles. The lowest BCUT2D eigenvalue weighted by atomic mass is 10.0. The van der Waals surface area contributed by atoms with Gasteiger partial charge in [-0.2, -0.15) is 0 Å². The number of allylic oxidation sites excluding steroid dienone is 1. The highest BCUT2D eigenvalue weighted by atomic mass is 16.4. The van der Waals surface area contributed by atoms with Crippen LogP contribution in [0.15, 0.2) is 12.2 Å². The topological polar surface area (TPSA) is 66.4 Å². The summed E-state index contributed by atoms with van der Waals surface area (Å²) >= 11 is 0. The number of carboxylic acids is 1. The molecule has 1 unspecified atom stereocenters. The van der Waals surface area contributed by atoms with Crippen LogP contribution in [-0.4, -0.2) is 23.5 Å². The lowest BCUT2D eigenvalue weighted by molar-refractivity contribution is -0.137. The molecule has 0 aliphatic heterocycles. The monoisotopic (exact) mass is 227 g/mol. The zero-order chi connectivity index (χ0) is 12.6. The average molecular weight is 227 g/mol. The van der Waals surface area contributed by atoms with Crippen molar-refractivity contribution in [1.82, 2.24) is 5.32 Å². The summed E-state index contributed by atoms with van der Waals surface area (Å²) in [5.74, 6) is -0.836. The van der Waals surface area contributed by atoms with E-state index in [0.29, 0.717) is 25.8 Å². The zero-order valence-corrected chi connectivity index (χ0v) is 10.1. The van der Waals surface area contributed by atoms with Crippen molar-refractivity contribution in [3.8, 4) is 0 Å². The Kier molecular flexibility index (Phi) is 7.25. The van der Waals surface area contributed by atoms with E-state index in [0.717, 1.165) is 5.57 Å². The summed E-state index contributed by atoms with van der Waals surface area (Å²) in [5.41, 5.74) is 0.994. The highest BCUT2D eigenvalue weighted by molar-refractivity contribution is 5.78. The Bertz CT molecular complexity index is 261. The fraction of sp³-hybridized carbons (Fsp3) is 0.667. The van der Waals surface area contributed by atoms with E-state index in [1.165, 1.54) is 0 Å². The molecule has 1 amide bonds. The molecule has 0 radical (unpaired) electrons. The van der Waals surface area contributed by atoms with Crippen LogP contribution in [0, 0.1) is 5.92 Å². The molecule has 2 N–H and O–H groups in total. The normalized spacial score (nSPS) is 11.9. The van der Waals surface area contributed by atoms with Crippen LogP contribution in [0.5, 0.6) is 0 Å². The van der Waals surface area contributed by atoms with Gasteiger partial charge in [0.05, 0.1) is 0 Å². The van der Waals surface area contributed by atoms with Crippen molar-refractivity contribution < 1.29 is 14.7 Å². The highest BCUT2D eigenvalue weighted by Gasteiger charge is 2.11. The summed E-state index contributed by atoms with van der Waals surface area (Å²) in [7, 11) is 0. The maximum atomic E-state index is 11.5. The van der Waals surface area contributed by atoms with Gasteiger partial charge in [-0.3, -0.25) is 9.59 Å². The number of rotatable bonds is 8. The molecule has 0 aliphatic carbocycles. The first-order valence-corrected chi connectivity index (χ1v) is 5.57. The van der Waals surface area contributed by atoms with Gasteiger partial charge in [0.2, 0.25) is 5.91 Å². The third kappa shape index (κ3) is 8.03. The summed E-state index contributed by atoms with van der Waals surface area (Å²) in [4.78, 5) is 21.7. The molecule has 0 aromatic carbocycles. The number of nitrogens with one attached hydrogen (secondary N) is 1. The van der Waals surface area contributed by atoms with Crippen LogP contribution < -0.4 is 5.32 Å². The van der Waals surface area contributed by atoms with Gasteiger partial charge in [0.25, 0.3) is 0 Å². The van der Waals surface area contributed by atoms with E-state index in [9.17, 15) is 9.59 Å². The molecule has 4 nitrogen and oxygen atoms in total. The molecule has 92 valence electrons. The second kappa shape index (κ2) is 7.91. The number of carboxylic acid groups (broad SMARTS) is 1. The highest BCUT2D eigenvalue weighted by Crippen LogP contribution is 2.08. The molecular weight excluding hydrogens is 206 g/mol. The molecule has 4 heteroatoms. The summed E-state index contributed by atoms with van der Waals surface area (Å²) in [6.45, 7) is 8.07. The van der Waals surface area contributed by atoms with Crippen molar-refractivity contribution in [3.63, 3.8) is 0 Å². The zero-order valence-electron chi connectivity index (χ0n) is 10.1. The Morgan fingerprint density at radius 3 is 2.50 bits per heavy atom. The third-order valence-electron chi connectivity index (χ3n) is 2.22. The summed E-state index contributed by atoms with van der Waals surface area (Å²) in [5, 5.41) is 11.2. The van der Waals surface area contributed by atoms with Gasteiger partial charge in [0, 0.05) is 18.9 Å². The molecular formula is C12H21NO3. The fourth-order valence-corrected chi connectivity index (χ4v) is 1.40. The van der Waals surface area contributed by atoms with Crippen LogP contribution in [0.2, 0.25) is 0 Å². The largest absolute Gasteiger partial charge is 0.481 e. The number of hydrogen-bond donors (Lipinski definition) is 2. The number of carbonyl (C=O) groups excluding carboxylic acids is 1. The van der Waals surface area contributed by atoms with Crippen LogP contribution in [-0.2, 0) is 9.59 Å². The predicted octanol–water partition coefficient (Wildman–Crippen LogP) is 1.96. The first kappa shape index (κ1) is 14.7. The smallest absolute Gasteiger partial charge is 0.303 e. The Hall–Kier alpha value is -1.32. The number of aliphatic carboxylic acids is 1. The molecule has 0 bridgehead atoms. The van der Waals surface area contributed by atoms with Gasteiger partial charge in [-0.15, -0.1) is 6.58 Å². The second-order valence-electron chi connectivity index (χ2n) is 4.20. The van der Waals surface area contributed by atoms with Gasteiger partial charge in [-0.25, -0.2) is 0 Å². The van der Waals surface area contributed by atoms with Crippen molar-refractivity contribution in [2.75, 3.05) is 6.54 Å². The van der Waals surface area contributed by atoms with E-state index >= 15 is 0 Å². The SMILES string of the molecule is C=C(C)CC(C)C(=O)NCCCCC(=O)O. The van der Waals surface area contributed by atoms with E-state index in [2.05, 4.69) is 11.9 Å². The van der Waals surface area contributed by atoms with Crippen molar-refractivity contribution in [3.05, 3.63) is 12.2 Å². The minimum Gasteiger partial charge on any atom is -0.481 e. The van der Waals surface area contributed by atoms with E-state index in [1.54, 1.807) is 0 Å². The molecule has 0 aliphatic rings. The van der Waals surface area contributed by atoms with Gasteiger partial charge in [0.1, 0.15) is 0 Å². The molecule has 0 saturated heterocycles. The summed E-state index contributed by atoms with van der Waals surface area (Å²) in [6.07, 6.45) is 2.17. The Morgan fingerprint density at radius 1 is 1.38 bits per heavy atom. The predicted molar refractivity (Wildman–Crippen MR) is 63.1 cm³/mol. The number of hydrogen-bond acceptors (Lipinski definition) is 2. The van der Waals surface area contributed by atoms with Gasteiger partial charge in [-0.05, 0) is 26.2 Å². The van der Waals surface area contributed by atoms with Gasteiger partial charge < -0.3 is 10.4 Å². The third-order valence-corrected chi connectivity index (χ3v) is 2.22. The molecule has 0 fully saturated rings. The molecule has 1 atom stereocenters. The molecule has 0 rings (SSSR count). The van der Waals surface area contributed by atoms with E-state index in [1.807, 2.05) is 13.8 Å². The number of unbranched alkanes of at least 4 members (excludes halogenated alkanes) is 1. The molecule has 0 saturated carbocycles. The maximum absolute atomic E-state index is 11.5. The molecule has 16 heavy (non-hydrogen) atoms. The van der Waals surface area contributed by atoms with Gasteiger partial charge >= 0.3 is 5.97 Å². The summed E-state index contributed by atoms with van der Waals surface area (Å²) < 4.78 is 0. The first-order valence-electron chi connectivity index (χ1n) is 5.57. The van der Waals surface area contributed by atoms with Crippen molar-refractivity contribution in [2.24, 2.45) is 5.92 Å². The van der Waals surface area contributed by atoms with E-state index < -0.39 is 5.97 Å². The van der Waals surface area contributed by atoms with Crippen LogP contribution in [0.3, 0.4) is 0 Å². The van der Waals surface area contributed by atoms with Crippen molar-refractivity contribution in [1.29, 1.82) is 0 Å². The Balaban J connectivity index is 3.57. The van der Waals surface area contributed by atoms with Gasteiger partial charge in [-0.1, -0.05) is 12.5 Å². The lowest BCUT2D eigenvalue weighted by Gasteiger charge is -2.11. The van der Waals surface area contributed by atoms with Crippen molar-refractivity contribution in [2.45, 2.75) is 39.5 Å². The number of carbonyl (C=O) groups is 2. The Morgan fingerprint density at radius 2 is 2.00 bits per heavy atom. The number of amides is 1. The fourth-order valence-electron chi connectivity index (χ4n) is 1.40. The Labute approximate surface area is 96.7 Å². The summed E-state index contributed by atoms with van der Waals surface area (Å²) in [6, 6.07) is 0. The van der Waals surface area contributed by atoms with Crippen LogP contribution in [0.4, 0.5) is 0 Å². The van der Waals surface area contributed by atoms with E-state index in [4.69, 9.17) is 5.11 Å². The minimum atomic E-state index is -0.790. The minimum absolute atomic E-state index is 0.0123. The molecule has 0 spiro atoms. The second-order valence-corrected chi connectivity index (χ2v) is 4.20. The first-order chi connectivity index (χ1) is 7.43. The van der Waals surface area contributed by atoms with Crippen LogP contribution in [0.25, 0.3) is 0 Å². The quantitative estimate of drug-likeness (QED) is 0.492. The van der Waals surface area contributed by atoms with Crippen LogP contribution >= 0.6 is 0 Å². The lowest BCUT2D eigenvalue weighted by Crippen LogP contribution is -2.30. The van der Waals surface area contributed by atoms with Gasteiger partial charge in [0.15, 0.2) is 0 Å². The molecule has 0 aromatic heterocycles. The standard InChI is InChI=1S/C12H21NO3/c1-9(2)8-10(3)12(16)13-7-5-4-6-11(14)15/h10H,1,4-8H2,2-3H3,(H,13,16)(H,14,15). The molecule has 0 aromatic rings. The van der Waals surface area contributed by atoms with E-state index in [-0.39, 0.29) is 18.2 Å². The maximum Gasteiger partial charge on any atom is 0.303 e. The average Bonchev–Trinajstić information content (AvgIpc) is 2.15. The van der Waals surface area contributed by atoms with Crippen LogP contribution in [0.1, 0.15) is 39.5 Å².